The van der Waals surface area contributed by atoms with Crippen LogP contribution in [0.4, 0.5) is 11.4 Å². The van der Waals surface area contributed by atoms with Crippen molar-refractivity contribution < 1.29 is 26.7 Å². The summed E-state index contributed by atoms with van der Waals surface area (Å²) in [6.07, 6.45) is 6.17. The molecule has 3 N–H and O–H groups in total. The lowest BCUT2D eigenvalue weighted by molar-refractivity contribution is -0.132. The molecular formula is C23H32N4O6S2. The quantitative estimate of drug-likeness (QED) is 0.518. The summed E-state index contributed by atoms with van der Waals surface area (Å²) >= 11 is 0. The van der Waals surface area contributed by atoms with Crippen molar-refractivity contribution in [1.29, 1.82) is 0 Å². The average molecular weight is 525 g/mol. The molecule has 1 aliphatic carbocycles. The minimum absolute atomic E-state index is 0.0761. The molecule has 12 heteroatoms. The van der Waals surface area contributed by atoms with Crippen molar-refractivity contribution >= 4 is 43.2 Å². The number of amidine groups is 1. The molecule has 192 valence electrons. The van der Waals surface area contributed by atoms with Gasteiger partial charge in [-0.1, -0.05) is 33.1 Å². The number of anilines is 2. The van der Waals surface area contributed by atoms with Crippen LogP contribution >= 0.6 is 0 Å². The van der Waals surface area contributed by atoms with E-state index in [2.05, 4.69) is 28.3 Å². The molecule has 2 unspecified atom stereocenters. The predicted molar refractivity (Wildman–Crippen MR) is 134 cm³/mol. The number of nitrogens with one attached hydrogen (secondary N) is 2. The first-order chi connectivity index (χ1) is 16.4. The minimum atomic E-state index is -4.27. The molecule has 10 nitrogen and oxygen atoms in total. The van der Waals surface area contributed by atoms with Crippen molar-refractivity contribution in [2.24, 2.45) is 16.2 Å². The fourth-order valence-corrected chi connectivity index (χ4v) is 6.70. The van der Waals surface area contributed by atoms with Crippen LogP contribution < -0.4 is 10.0 Å². The van der Waals surface area contributed by atoms with E-state index < -0.39 is 26.0 Å². The van der Waals surface area contributed by atoms with E-state index in [-0.39, 0.29) is 45.4 Å². The average Bonchev–Trinajstić information content (AvgIpc) is 2.99. The first-order valence-electron chi connectivity index (χ1n) is 11.9. The van der Waals surface area contributed by atoms with Gasteiger partial charge in [-0.25, -0.2) is 8.42 Å². The molecule has 0 saturated heterocycles. The summed E-state index contributed by atoms with van der Waals surface area (Å²) in [7, 11) is -7.88. The molecule has 4 rings (SSSR count). The Balaban J connectivity index is 1.76. The molecular weight excluding hydrogens is 492 g/mol. The van der Waals surface area contributed by atoms with Gasteiger partial charge in [-0.15, -0.1) is 4.40 Å². The van der Waals surface area contributed by atoms with E-state index in [9.17, 15) is 26.7 Å². The second-order valence-corrected chi connectivity index (χ2v) is 13.2. The van der Waals surface area contributed by atoms with Crippen molar-refractivity contribution in [3.05, 3.63) is 29.5 Å². The molecule has 1 amide bonds. The lowest BCUT2D eigenvalue weighted by atomic mass is 9.84. The van der Waals surface area contributed by atoms with E-state index in [4.69, 9.17) is 0 Å². The van der Waals surface area contributed by atoms with Crippen molar-refractivity contribution in [2.75, 3.05) is 22.8 Å². The van der Waals surface area contributed by atoms with Gasteiger partial charge in [0.1, 0.15) is 16.2 Å². The Bertz CT molecular complexity index is 1300. The third-order valence-corrected chi connectivity index (χ3v) is 8.60. The standard InChI is InChI=1S/C23H32N4O6S2/c1-14(2)11-12-27-18-8-6-4-5-7-16(18)21(28)20(23(27)29)22-24-17-10-9-15(25-34(3,30)31)13-19(17)35(32,33)26-22/h9-10,13-14,16,18,25,28H,4-8,11-12H2,1-3H3,(H,24,26). The number of hydrogen-bond acceptors (Lipinski definition) is 7. The summed E-state index contributed by atoms with van der Waals surface area (Å²) in [5, 5.41) is 14.1. The van der Waals surface area contributed by atoms with Crippen LogP contribution in [0.1, 0.15) is 52.4 Å². The van der Waals surface area contributed by atoms with E-state index >= 15 is 0 Å². The van der Waals surface area contributed by atoms with Gasteiger partial charge >= 0.3 is 0 Å². The fraction of sp³-hybridized carbons (Fsp3) is 0.565. The largest absolute Gasteiger partial charge is 0.511 e. The van der Waals surface area contributed by atoms with E-state index in [1.807, 2.05) is 0 Å². The van der Waals surface area contributed by atoms with Crippen LogP contribution in [0.3, 0.4) is 0 Å². The van der Waals surface area contributed by atoms with Crippen molar-refractivity contribution in [1.82, 2.24) is 4.90 Å². The van der Waals surface area contributed by atoms with Gasteiger partial charge in [-0.3, -0.25) is 9.52 Å². The normalized spacial score (nSPS) is 24.3. The van der Waals surface area contributed by atoms with E-state index in [0.29, 0.717) is 18.9 Å². The van der Waals surface area contributed by atoms with Crippen molar-refractivity contribution in [3.63, 3.8) is 0 Å². The second-order valence-electron chi connectivity index (χ2n) is 9.88. The van der Waals surface area contributed by atoms with E-state index in [1.165, 1.54) is 18.2 Å². The van der Waals surface area contributed by atoms with Crippen LogP contribution in [0.15, 0.2) is 38.8 Å². The molecule has 1 aromatic rings. The zero-order valence-electron chi connectivity index (χ0n) is 20.1. The number of aliphatic hydroxyl groups excluding tert-OH is 1. The highest BCUT2D eigenvalue weighted by atomic mass is 32.2. The number of carbonyl (C=O) groups is 1. The number of rotatable bonds is 6. The van der Waals surface area contributed by atoms with Gasteiger partial charge in [0.05, 0.1) is 11.9 Å². The lowest BCUT2D eigenvalue weighted by Crippen LogP contribution is -2.52. The molecule has 2 aliphatic heterocycles. The van der Waals surface area contributed by atoms with Crippen LogP contribution in [-0.2, 0) is 24.8 Å². The van der Waals surface area contributed by atoms with Gasteiger partial charge in [-0.05, 0) is 43.4 Å². The van der Waals surface area contributed by atoms with Gasteiger partial charge in [0, 0.05) is 24.2 Å². The molecule has 35 heavy (non-hydrogen) atoms. The third-order valence-electron chi connectivity index (χ3n) is 6.67. The maximum absolute atomic E-state index is 13.7. The zero-order chi connectivity index (χ0) is 25.5. The number of benzene rings is 1. The predicted octanol–water partition coefficient (Wildman–Crippen LogP) is 3.22. The van der Waals surface area contributed by atoms with Gasteiger partial charge < -0.3 is 15.3 Å². The molecule has 1 aromatic carbocycles. The fourth-order valence-electron chi connectivity index (χ4n) is 5.00. The lowest BCUT2D eigenvalue weighted by Gasteiger charge is -2.41. The number of fused-ring (bicyclic) bond motifs is 2. The molecule has 2 heterocycles. The maximum Gasteiger partial charge on any atom is 0.286 e. The number of aliphatic hydroxyl groups is 1. The molecule has 2 atom stereocenters. The van der Waals surface area contributed by atoms with Gasteiger partial charge in [0.15, 0.2) is 5.84 Å². The molecule has 0 bridgehead atoms. The topological polar surface area (TPSA) is 145 Å². The number of nitrogens with zero attached hydrogens (tertiary/aromatic N) is 2. The van der Waals surface area contributed by atoms with Crippen molar-refractivity contribution in [2.45, 2.75) is 63.3 Å². The number of sulfonamides is 2. The highest BCUT2D eigenvalue weighted by Crippen LogP contribution is 2.40. The van der Waals surface area contributed by atoms with E-state index in [0.717, 1.165) is 38.4 Å². The summed E-state index contributed by atoms with van der Waals surface area (Å²) in [6.45, 7) is 4.68. The molecule has 1 saturated carbocycles. The van der Waals surface area contributed by atoms with Gasteiger partial charge in [0.2, 0.25) is 10.0 Å². The monoisotopic (exact) mass is 524 g/mol. The highest BCUT2D eigenvalue weighted by molar-refractivity contribution is 7.92. The van der Waals surface area contributed by atoms with Gasteiger partial charge in [-0.2, -0.15) is 8.42 Å². The first-order valence-corrected chi connectivity index (χ1v) is 15.2. The molecule has 0 radical (unpaired) electrons. The Morgan fingerprint density at radius 1 is 1.23 bits per heavy atom. The Labute approximate surface area is 206 Å². The summed E-state index contributed by atoms with van der Waals surface area (Å²) in [5.41, 5.74) is 0.121. The highest BCUT2D eigenvalue weighted by Gasteiger charge is 2.44. The van der Waals surface area contributed by atoms with Crippen LogP contribution in [0.25, 0.3) is 0 Å². The molecule has 3 aliphatic rings. The van der Waals surface area contributed by atoms with E-state index in [1.54, 1.807) is 4.90 Å². The second kappa shape index (κ2) is 9.45. The number of hydrogen-bond donors (Lipinski definition) is 3. The zero-order valence-corrected chi connectivity index (χ0v) is 21.7. The van der Waals surface area contributed by atoms with Crippen LogP contribution in [0.2, 0.25) is 0 Å². The summed E-state index contributed by atoms with van der Waals surface area (Å²) in [5.74, 6) is -0.634. The summed E-state index contributed by atoms with van der Waals surface area (Å²) in [6, 6.07) is 3.88. The first kappa shape index (κ1) is 25.5. The van der Waals surface area contributed by atoms with Crippen LogP contribution in [-0.4, -0.2) is 57.4 Å². The van der Waals surface area contributed by atoms with Gasteiger partial charge in [0.25, 0.3) is 15.9 Å². The third kappa shape index (κ3) is 5.32. The smallest absolute Gasteiger partial charge is 0.286 e. The Kier molecular flexibility index (Phi) is 6.89. The molecule has 1 fully saturated rings. The molecule has 0 spiro atoms. The number of carbonyl (C=O) groups excluding carboxylic acids is 1. The summed E-state index contributed by atoms with van der Waals surface area (Å²) < 4.78 is 55.3. The maximum atomic E-state index is 13.7. The van der Waals surface area contributed by atoms with Crippen LogP contribution in [0.5, 0.6) is 0 Å². The Morgan fingerprint density at radius 2 is 1.94 bits per heavy atom. The number of amides is 1. The summed E-state index contributed by atoms with van der Waals surface area (Å²) in [4.78, 5) is 15.2. The Hall–Kier alpha value is -2.60. The van der Waals surface area contributed by atoms with Crippen LogP contribution in [0, 0.1) is 11.8 Å². The molecule has 0 aromatic heterocycles. The van der Waals surface area contributed by atoms with Crippen molar-refractivity contribution in [3.8, 4) is 0 Å². The minimum Gasteiger partial charge on any atom is -0.511 e. The SMILES string of the molecule is CC(C)CCN1C(=O)C(C2=NS(=O)(=O)c3cc(NS(C)(=O)=O)ccc3N2)=C(O)C2CCCCCC21. The Morgan fingerprint density at radius 3 is 2.63 bits per heavy atom.